The Morgan fingerprint density at radius 1 is 0.566 bits per heavy atom. The van der Waals surface area contributed by atoms with E-state index < -0.39 is 34.8 Å². The van der Waals surface area contributed by atoms with Gasteiger partial charge in [-0.2, -0.15) is 0 Å². The molecule has 14 heteroatoms. The molecule has 10 bridgehead atoms. The highest BCUT2D eigenvalue weighted by atomic mass is 16.6. The lowest BCUT2D eigenvalue weighted by molar-refractivity contribution is -0.231. The third kappa shape index (κ3) is 12.1. The second kappa shape index (κ2) is 22.8. The third-order valence-electron chi connectivity index (χ3n) is 21.5. The summed E-state index contributed by atoms with van der Waals surface area (Å²) in [5, 5.41) is 0. The molecule has 0 N–H and O–H groups in total. The summed E-state index contributed by atoms with van der Waals surface area (Å²) in [5.41, 5.74) is -2.16. The molecule has 0 aromatic rings. The Labute approximate surface area is 455 Å². The third-order valence-corrected chi connectivity index (χ3v) is 21.5. The second-order valence-corrected chi connectivity index (χ2v) is 28.3. The van der Waals surface area contributed by atoms with Crippen molar-refractivity contribution in [3.63, 3.8) is 0 Å². The van der Waals surface area contributed by atoms with E-state index in [1.807, 2.05) is 41.5 Å². The zero-order chi connectivity index (χ0) is 56.1. The van der Waals surface area contributed by atoms with Gasteiger partial charge in [-0.15, -0.1) is 0 Å². The van der Waals surface area contributed by atoms with Gasteiger partial charge in [-0.3, -0.25) is 24.0 Å². The zero-order valence-electron chi connectivity index (χ0n) is 49.3. The van der Waals surface area contributed by atoms with Crippen molar-refractivity contribution in [3.8, 4) is 0 Å². The van der Waals surface area contributed by atoms with Gasteiger partial charge in [0.15, 0.2) is 6.61 Å². The van der Waals surface area contributed by atoms with Crippen molar-refractivity contribution >= 4 is 41.8 Å². The number of carbonyl (C=O) groups excluding carboxylic acids is 7. The Balaban J connectivity index is 0.000000149. The van der Waals surface area contributed by atoms with Gasteiger partial charge in [0.05, 0.1) is 34.2 Å². The van der Waals surface area contributed by atoms with Crippen LogP contribution in [0.1, 0.15) is 213 Å². The van der Waals surface area contributed by atoms with E-state index in [9.17, 15) is 33.6 Å². The Kier molecular flexibility index (Phi) is 18.0. The monoisotopic (exact) mass is 1070 g/mol. The van der Waals surface area contributed by atoms with Gasteiger partial charge in [0.1, 0.15) is 23.4 Å². The molecule has 6 atom stereocenters. The van der Waals surface area contributed by atoms with E-state index in [0.717, 1.165) is 49.4 Å². The maximum Gasteiger partial charge on any atom is 0.347 e. The minimum atomic E-state index is -0.687. The van der Waals surface area contributed by atoms with Crippen LogP contribution < -0.4 is 0 Å². The highest BCUT2D eigenvalue weighted by Gasteiger charge is 2.64. The van der Waals surface area contributed by atoms with E-state index in [0.29, 0.717) is 55.5 Å². The lowest BCUT2D eigenvalue weighted by Crippen LogP contribution is -2.63. The smallest absolute Gasteiger partial charge is 0.347 e. The van der Waals surface area contributed by atoms with Crippen molar-refractivity contribution in [2.24, 2.45) is 92.7 Å². The van der Waals surface area contributed by atoms with Gasteiger partial charge >= 0.3 is 41.8 Å². The van der Waals surface area contributed by atoms with Gasteiger partial charge in [0.25, 0.3) is 0 Å². The van der Waals surface area contributed by atoms with Crippen LogP contribution in [0.5, 0.6) is 0 Å². The Bertz CT molecular complexity index is 2090. The molecule has 0 aromatic heterocycles. The lowest BCUT2D eigenvalue weighted by Gasteiger charge is -2.62. The largest absolute Gasteiger partial charge is 0.463 e. The van der Waals surface area contributed by atoms with Gasteiger partial charge in [-0.25, -0.2) is 9.59 Å². The summed E-state index contributed by atoms with van der Waals surface area (Å²) >= 11 is 0. The number of esters is 7. The van der Waals surface area contributed by atoms with Crippen molar-refractivity contribution in [3.05, 3.63) is 0 Å². The molecule has 0 aromatic carbocycles. The molecule has 12 fully saturated rings. The molecule has 12 rings (SSSR count). The van der Waals surface area contributed by atoms with Crippen molar-refractivity contribution in [1.29, 1.82) is 0 Å². The van der Waals surface area contributed by atoms with Gasteiger partial charge in [0, 0.05) is 18.3 Å². The van der Waals surface area contributed by atoms with E-state index in [2.05, 4.69) is 34.6 Å². The van der Waals surface area contributed by atoms with Crippen LogP contribution in [-0.2, 0) is 66.7 Å². The highest BCUT2D eigenvalue weighted by molar-refractivity contribution is 5.83. The predicted octanol–water partition coefficient (Wildman–Crippen LogP) is 11.7. The zero-order valence-corrected chi connectivity index (χ0v) is 49.3. The molecule has 2 saturated heterocycles. The normalized spacial score (nSPS) is 36.9. The van der Waals surface area contributed by atoms with Crippen LogP contribution in [0.25, 0.3) is 0 Å². The summed E-state index contributed by atoms with van der Waals surface area (Å²) in [4.78, 5) is 83.2. The Hall–Kier alpha value is -3.71. The second-order valence-electron chi connectivity index (χ2n) is 28.3. The maximum atomic E-state index is 12.8. The number of ether oxygens (including phenoxy) is 7. The summed E-state index contributed by atoms with van der Waals surface area (Å²) in [6, 6.07) is 0. The van der Waals surface area contributed by atoms with Gasteiger partial charge in [0.2, 0.25) is 6.10 Å². The molecule has 10 saturated carbocycles. The molecule has 12 aliphatic rings. The molecule has 2 aliphatic heterocycles. The molecule has 76 heavy (non-hydrogen) atoms. The summed E-state index contributed by atoms with van der Waals surface area (Å²) in [7, 11) is 0. The van der Waals surface area contributed by atoms with Crippen molar-refractivity contribution in [2.75, 3.05) is 13.2 Å². The average Bonchev–Trinajstić information content (AvgIpc) is 4.12. The van der Waals surface area contributed by atoms with Crippen LogP contribution >= 0.6 is 0 Å². The van der Waals surface area contributed by atoms with Crippen LogP contribution in [-0.4, -0.2) is 84.5 Å². The lowest BCUT2D eigenvalue weighted by atomic mass is 9.47. The number of fused-ring (bicyclic) bond motifs is 1. The molecular weight excluding hydrogens is 969 g/mol. The molecule has 0 amide bonds. The summed E-state index contributed by atoms with van der Waals surface area (Å²) < 4.78 is 38.1. The van der Waals surface area contributed by atoms with Crippen LogP contribution in [0.4, 0.5) is 0 Å². The number of hydrogen-bond acceptors (Lipinski definition) is 14. The first-order chi connectivity index (χ1) is 35.4. The van der Waals surface area contributed by atoms with E-state index in [1.54, 1.807) is 27.7 Å². The minimum Gasteiger partial charge on any atom is -0.463 e. The number of carbonyl (C=O) groups is 7. The van der Waals surface area contributed by atoms with Gasteiger partial charge in [-0.1, -0.05) is 41.5 Å². The summed E-state index contributed by atoms with van der Waals surface area (Å²) in [6.45, 7) is 29.9. The standard InChI is InChI=1S/C19H32O2.C17H28O2.C16H22O6.C10H16O4/c1-6-18(4,5)17(20)21-19(12(2)3)15-8-13-7-14(10-15)11-16(19)9-13;1-5-16(2,3)15(18)19-17(4)13-7-11-6-12(9-13)10-14(17)8-11;1-4-16(2,3)15(19)20-7-11(17)21-12-8-5-9-10(6-8)14(18)22-13(9)12;1-4-10(2,3)9(12)14-7-5-6-13-8(7)11/h12-16H,6-11H2,1-5H3;11-14H,5-10H2,1-4H3;8-10,12-13H,4-7H2,1-3H3;7H,4-6H2,1-3H3. The van der Waals surface area contributed by atoms with Crippen molar-refractivity contribution in [2.45, 2.75) is 243 Å². The Morgan fingerprint density at radius 3 is 1.46 bits per heavy atom. The van der Waals surface area contributed by atoms with Crippen LogP contribution in [0.3, 0.4) is 0 Å². The van der Waals surface area contributed by atoms with E-state index in [-0.39, 0.29) is 82.5 Å². The van der Waals surface area contributed by atoms with Crippen LogP contribution in [0.15, 0.2) is 0 Å². The molecule has 0 radical (unpaired) electrons. The molecule has 10 aliphatic carbocycles. The van der Waals surface area contributed by atoms with Crippen molar-refractivity contribution < 1.29 is 66.7 Å². The molecule has 14 nitrogen and oxygen atoms in total. The van der Waals surface area contributed by atoms with Gasteiger partial charge in [-0.05, 0) is 218 Å². The van der Waals surface area contributed by atoms with E-state index in [4.69, 9.17) is 33.2 Å². The number of rotatable bonds is 15. The predicted molar refractivity (Wildman–Crippen MR) is 284 cm³/mol. The Morgan fingerprint density at radius 2 is 1.01 bits per heavy atom. The topological polar surface area (TPSA) is 184 Å². The summed E-state index contributed by atoms with van der Waals surface area (Å²) in [5.74, 6) is 5.13. The first-order valence-corrected chi connectivity index (χ1v) is 29.9. The highest BCUT2D eigenvalue weighted by Crippen LogP contribution is 2.63. The van der Waals surface area contributed by atoms with E-state index in [1.165, 1.54) is 64.2 Å². The molecule has 2 heterocycles. The molecule has 430 valence electrons. The first-order valence-electron chi connectivity index (χ1n) is 29.9. The number of hydrogen-bond donors (Lipinski definition) is 0. The SMILES string of the molecule is CCC(C)(C)C(=O)OC1(C(C)C)C2CC3CC(C2)CC1C3.CCC(C)(C)C(=O)OC1(C)C2CC3CC(C2)CC1C3.CCC(C)(C)C(=O)OC1CCOC1=O.CCC(C)(C)C(=O)OCC(=O)OC1C2CC3C(=O)OC1C3C2. The maximum absolute atomic E-state index is 12.8. The average molecular weight is 1070 g/mol. The molecule has 6 unspecified atom stereocenters. The van der Waals surface area contributed by atoms with Crippen LogP contribution in [0, 0.1) is 92.7 Å². The first kappa shape index (κ1) is 59.9. The van der Waals surface area contributed by atoms with Gasteiger partial charge < -0.3 is 33.2 Å². The quantitative estimate of drug-likeness (QED) is 0.111. The molecular formula is C62H98O14. The molecule has 0 spiro atoms. The summed E-state index contributed by atoms with van der Waals surface area (Å²) in [6.07, 6.45) is 17.0. The van der Waals surface area contributed by atoms with Crippen molar-refractivity contribution in [1.82, 2.24) is 0 Å². The fraction of sp³-hybridized carbons (Fsp3) is 0.887. The van der Waals surface area contributed by atoms with E-state index >= 15 is 0 Å². The fourth-order valence-corrected chi connectivity index (χ4v) is 15.1. The van der Waals surface area contributed by atoms with Crippen LogP contribution in [0.2, 0.25) is 0 Å². The number of cyclic esters (lactones) is 1. The minimum absolute atomic E-state index is 0.00636. The fourth-order valence-electron chi connectivity index (χ4n) is 15.1.